The summed E-state index contributed by atoms with van der Waals surface area (Å²) >= 11 is 3.36. The van der Waals surface area contributed by atoms with Crippen LogP contribution in [0.5, 0.6) is 0 Å². The van der Waals surface area contributed by atoms with Crippen LogP contribution in [0, 0.1) is 0 Å². The summed E-state index contributed by atoms with van der Waals surface area (Å²) in [5.41, 5.74) is 0.418. The molecule has 0 aliphatic heterocycles. The topological polar surface area (TPSA) is 56.1 Å². The Hall–Kier alpha value is -1.56. The number of ether oxygens (including phenoxy) is 1. The number of pyridine rings is 1. The molecule has 0 atom stereocenters. The van der Waals surface area contributed by atoms with Gasteiger partial charge in [-0.2, -0.15) is 0 Å². The van der Waals surface area contributed by atoms with Crippen LogP contribution in [-0.4, -0.2) is 27.8 Å². The number of hydrogen-bond donors (Lipinski definition) is 1. The Morgan fingerprint density at radius 3 is 2.85 bits per heavy atom. The van der Waals surface area contributed by atoms with E-state index in [4.69, 9.17) is 4.74 Å². The third kappa shape index (κ3) is 3.96. The third-order valence-electron chi connectivity index (χ3n) is 2.60. The number of aromatic nitrogens is 2. The van der Waals surface area contributed by atoms with Crippen LogP contribution in [0.3, 0.4) is 0 Å². The number of carbonyl (C=O) groups is 1. The maximum Gasteiger partial charge on any atom is 0.407 e. The monoisotopic (exact) mass is 339 g/mol. The predicted octanol–water partition coefficient (Wildman–Crippen LogP) is 3.32. The summed E-state index contributed by atoms with van der Waals surface area (Å²) in [6.45, 7) is 6.66. The summed E-state index contributed by atoms with van der Waals surface area (Å²) in [4.78, 5) is 16.0. The molecule has 0 fully saturated rings. The summed E-state index contributed by atoms with van der Waals surface area (Å²) in [5, 5.41) is 3.81. The van der Waals surface area contributed by atoms with Crippen molar-refractivity contribution in [2.24, 2.45) is 0 Å². The number of hydrogen-bond acceptors (Lipinski definition) is 3. The lowest BCUT2D eigenvalue weighted by Crippen LogP contribution is -2.34. The van der Waals surface area contributed by atoms with Crippen molar-refractivity contribution in [2.45, 2.75) is 32.9 Å². The number of fused-ring (bicyclic) bond motifs is 1. The zero-order valence-electron chi connectivity index (χ0n) is 11.8. The highest BCUT2D eigenvalue weighted by molar-refractivity contribution is 9.10. The Labute approximate surface area is 126 Å². The van der Waals surface area contributed by atoms with Crippen LogP contribution < -0.4 is 5.32 Å². The molecule has 6 heteroatoms. The fraction of sp³-hybridized carbons (Fsp3) is 0.429. The van der Waals surface area contributed by atoms with Gasteiger partial charge in [0.25, 0.3) is 0 Å². The molecule has 0 saturated carbocycles. The molecule has 2 aromatic rings. The largest absolute Gasteiger partial charge is 0.444 e. The first-order valence-corrected chi connectivity index (χ1v) is 7.23. The standard InChI is InChI=1S/C14H18BrN3O2/c1-14(2,3)20-13(19)16-7-9-18-8-6-10-4-5-11(15)17-12(10)18/h4-6,8H,7,9H2,1-3H3,(H,16,19). The summed E-state index contributed by atoms with van der Waals surface area (Å²) in [5.74, 6) is 0. The highest BCUT2D eigenvalue weighted by atomic mass is 79.9. The number of rotatable bonds is 3. The molecule has 20 heavy (non-hydrogen) atoms. The van der Waals surface area contributed by atoms with Crippen molar-refractivity contribution in [3.8, 4) is 0 Å². The Morgan fingerprint density at radius 2 is 2.15 bits per heavy atom. The van der Waals surface area contributed by atoms with Gasteiger partial charge in [0.15, 0.2) is 0 Å². The van der Waals surface area contributed by atoms with E-state index in [1.54, 1.807) is 0 Å². The van der Waals surface area contributed by atoms with Gasteiger partial charge in [-0.15, -0.1) is 0 Å². The predicted molar refractivity (Wildman–Crippen MR) is 81.7 cm³/mol. The van der Waals surface area contributed by atoms with E-state index in [-0.39, 0.29) is 0 Å². The molecule has 0 aromatic carbocycles. The smallest absolute Gasteiger partial charge is 0.407 e. The molecule has 2 aromatic heterocycles. The first-order valence-electron chi connectivity index (χ1n) is 6.43. The number of amides is 1. The Morgan fingerprint density at radius 1 is 1.40 bits per heavy atom. The van der Waals surface area contributed by atoms with Crippen molar-refractivity contribution < 1.29 is 9.53 Å². The van der Waals surface area contributed by atoms with Gasteiger partial charge in [0, 0.05) is 24.7 Å². The number of carbonyl (C=O) groups excluding carboxylic acids is 1. The van der Waals surface area contributed by atoms with Crippen LogP contribution in [0.2, 0.25) is 0 Å². The van der Waals surface area contributed by atoms with Gasteiger partial charge in [0.05, 0.1) is 0 Å². The van der Waals surface area contributed by atoms with Crippen molar-refractivity contribution in [3.63, 3.8) is 0 Å². The fourth-order valence-corrected chi connectivity index (χ4v) is 2.11. The average Bonchev–Trinajstić information content (AvgIpc) is 2.69. The van der Waals surface area contributed by atoms with Crippen molar-refractivity contribution in [1.82, 2.24) is 14.9 Å². The normalized spacial score (nSPS) is 11.6. The average molecular weight is 340 g/mol. The minimum atomic E-state index is -0.476. The van der Waals surface area contributed by atoms with Gasteiger partial charge in [-0.3, -0.25) is 0 Å². The van der Waals surface area contributed by atoms with Crippen LogP contribution in [0.25, 0.3) is 11.0 Å². The van der Waals surface area contributed by atoms with Gasteiger partial charge in [0.1, 0.15) is 15.9 Å². The molecule has 0 radical (unpaired) electrons. The van der Waals surface area contributed by atoms with Crippen LogP contribution in [0.15, 0.2) is 29.0 Å². The van der Waals surface area contributed by atoms with Gasteiger partial charge in [-0.05, 0) is 54.9 Å². The molecule has 0 unspecified atom stereocenters. The first kappa shape index (κ1) is 14.8. The van der Waals surface area contributed by atoms with Gasteiger partial charge in [-0.1, -0.05) is 0 Å². The quantitative estimate of drug-likeness (QED) is 0.872. The molecular formula is C14H18BrN3O2. The second kappa shape index (κ2) is 5.83. The zero-order chi connectivity index (χ0) is 14.8. The second-order valence-electron chi connectivity index (χ2n) is 5.48. The van der Waals surface area contributed by atoms with E-state index in [1.165, 1.54) is 0 Å². The van der Waals surface area contributed by atoms with Gasteiger partial charge in [0.2, 0.25) is 0 Å². The lowest BCUT2D eigenvalue weighted by Gasteiger charge is -2.19. The number of nitrogens with zero attached hydrogens (tertiary/aromatic N) is 2. The molecule has 0 bridgehead atoms. The van der Waals surface area contributed by atoms with Crippen LogP contribution in [-0.2, 0) is 11.3 Å². The molecule has 0 spiro atoms. The molecule has 2 heterocycles. The van der Waals surface area contributed by atoms with Crippen molar-refractivity contribution in [1.29, 1.82) is 0 Å². The molecule has 1 N–H and O–H groups in total. The van der Waals surface area contributed by atoms with E-state index in [0.717, 1.165) is 15.6 Å². The molecule has 0 saturated heterocycles. The first-order chi connectivity index (χ1) is 9.35. The fourth-order valence-electron chi connectivity index (χ4n) is 1.81. The maximum absolute atomic E-state index is 11.5. The van der Waals surface area contributed by atoms with Crippen LogP contribution in [0.1, 0.15) is 20.8 Å². The van der Waals surface area contributed by atoms with Crippen molar-refractivity contribution in [2.75, 3.05) is 6.54 Å². The maximum atomic E-state index is 11.5. The van der Waals surface area contributed by atoms with Crippen LogP contribution >= 0.6 is 15.9 Å². The van der Waals surface area contributed by atoms with Gasteiger partial charge < -0.3 is 14.6 Å². The van der Waals surface area contributed by atoms with E-state index < -0.39 is 11.7 Å². The summed E-state index contributed by atoms with van der Waals surface area (Å²) in [6.07, 6.45) is 1.56. The van der Waals surface area contributed by atoms with E-state index in [2.05, 4.69) is 26.2 Å². The summed E-state index contributed by atoms with van der Waals surface area (Å²) in [6, 6.07) is 5.91. The minimum absolute atomic E-state index is 0.400. The Kier molecular flexibility index (Phi) is 4.32. The number of halogens is 1. The molecule has 2 rings (SSSR count). The second-order valence-corrected chi connectivity index (χ2v) is 6.30. The summed E-state index contributed by atoms with van der Waals surface area (Å²) < 4.78 is 7.98. The Balaban J connectivity index is 1.93. The van der Waals surface area contributed by atoms with Crippen molar-refractivity contribution in [3.05, 3.63) is 29.0 Å². The molecule has 0 aliphatic rings. The van der Waals surface area contributed by atoms with Gasteiger partial charge >= 0.3 is 6.09 Å². The van der Waals surface area contributed by atoms with Crippen molar-refractivity contribution >= 4 is 33.1 Å². The third-order valence-corrected chi connectivity index (χ3v) is 3.04. The highest BCUT2D eigenvalue weighted by Gasteiger charge is 2.15. The molecule has 108 valence electrons. The zero-order valence-corrected chi connectivity index (χ0v) is 13.4. The van der Waals surface area contributed by atoms with E-state index in [9.17, 15) is 4.79 Å². The molecule has 5 nitrogen and oxygen atoms in total. The van der Waals surface area contributed by atoms with Gasteiger partial charge in [-0.25, -0.2) is 9.78 Å². The highest BCUT2D eigenvalue weighted by Crippen LogP contribution is 2.16. The number of nitrogens with one attached hydrogen (secondary N) is 1. The van der Waals surface area contributed by atoms with E-state index in [1.807, 2.05) is 49.7 Å². The van der Waals surface area contributed by atoms with E-state index >= 15 is 0 Å². The SMILES string of the molecule is CC(C)(C)OC(=O)NCCn1ccc2ccc(Br)nc21. The molecule has 0 aliphatic carbocycles. The lowest BCUT2D eigenvalue weighted by molar-refractivity contribution is 0.0526. The Bertz CT molecular complexity index is 616. The van der Waals surface area contributed by atoms with Crippen LogP contribution in [0.4, 0.5) is 4.79 Å². The minimum Gasteiger partial charge on any atom is -0.444 e. The lowest BCUT2D eigenvalue weighted by atomic mass is 10.2. The van der Waals surface area contributed by atoms with E-state index in [0.29, 0.717) is 13.1 Å². The number of alkyl carbamates (subject to hydrolysis) is 1. The molecule has 1 amide bonds. The summed E-state index contributed by atoms with van der Waals surface area (Å²) in [7, 11) is 0. The molecular weight excluding hydrogens is 322 g/mol.